The van der Waals surface area contributed by atoms with E-state index in [0.717, 1.165) is 45.4 Å². The van der Waals surface area contributed by atoms with Crippen LogP contribution in [0.2, 0.25) is 0 Å². The normalized spacial score (nSPS) is 22.1. The first-order chi connectivity index (χ1) is 11.3. The summed E-state index contributed by atoms with van der Waals surface area (Å²) in [5.41, 5.74) is 1.41. The number of aromatic nitrogens is 2. The van der Waals surface area contributed by atoms with Gasteiger partial charge in [0.1, 0.15) is 0 Å². The summed E-state index contributed by atoms with van der Waals surface area (Å²) in [5.74, 6) is 0.272. The predicted octanol–water partition coefficient (Wildman–Crippen LogP) is 2.17. The van der Waals surface area contributed by atoms with Crippen LogP contribution in [0.25, 0.3) is 0 Å². The SMILES string of the molecule is O=C(CN1CCc2sccc2C1)N1CCCC(n2ccnc2)C1. The Bertz CT molecular complexity index is 666. The third-order valence-corrected chi connectivity index (χ3v) is 5.96. The maximum Gasteiger partial charge on any atom is 0.236 e. The second-order valence-electron chi connectivity index (χ2n) is 6.48. The van der Waals surface area contributed by atoms with Crippen LogP contribution in [0.3, 0.4) is 0 Å². The average molecular weight is 330 g/mol. The van der Waals surface area contributed by atoms with Crippen molar-refractivity contribution in [2.75, 3.05) is 26.2 Å². The van der Waals surface area contributed by atoms with E-state index in [2.05, 4.69) is 25.9 Å². The zero-order valence-corrected chi connectivity index (χ0v) is 14.0. The van der Waals surface area contributed by atoms with Gasteiger partial charge < -0.3 is 9.47 Å². The van der Waals surface area contributed by atoms with Crippen LogP contribution in [0.4, 0.5) is 0 Å². The summed E-state index contributed by atoms with van der Waals surface area (Å²) in [5, 5.41) is 2.16. The average Bonchev–Trinajstić information content (AvgIpc) is 3.26. The van der Waals surface area contributed by atoms with Gasteiger partial charge in [-0.25, -0.2) is 4.98 Å². The van der Waals surface area contributed by atoms with E-state index in [-0.39, 0.29) is 5.91 Å². The van der Waals surface area contributed by atoms with Crippen LogP contribution in [0.15, 0.2) is 30.2 Å². The van der Waals surface area contributed by atoms with Crippen molar-refractivity contribution in [3.05, 3.63) is 40.6 Å². The van der Waals surface area contributed by atoms with Crippen LogP contribution in [0.1, 0.15) is 29.3 Å². The molecule has 0 saturated carbocycles. The molecule has 0 radical (unpaired) electrons. The third kappa shape index (κ3) is 3.19. The van der Waals surface area contributed by atoms with Crippen molar-refractivity contribution in [2.24, 2.45) is 0 Å². The van der Waals surface area contributed by atoms with Crippen molar-refractivity contribution in [2.45, 2.75) is 31.8 Å². The van der Waals surface area contributed by atoms with Gasteiger partial charge in [0, 0.05) is 43.4 Å². The maximum atomic E-state index is 12.7. The van der Waals surface area contributed by atoms with E-state index in [9.17, 15) is 4.79 Å². The number of carbonyl (C=O) groups excluding carboxylic acids is 1. The number of nitrogens with zero attached hydrogens (tertiary/aromatic N) is 4. The topological polar surface area (TPSA) is 41.4 Å². The molecule has 2 aromatic rings. The van der Waals surface area contributed by atoms with Gasteiger partial charge in [0.2, 0.25) is 5.91 Å². The lowest BCUT2D eigenvalue weighted by molar-refractivity contribution is -0.134. The number of hydrogen-bond donors (Lipinski definition) is 0. The molecule has 1 fully saturated rings. The molecule has 1 amide bonds. The van der Waals surface area contributed by atoms with Crippen molar-refractivity contribution in [1.82, 2.24) is 19.4 Å². The lowest BCUT2D eigenvalue weighted by Crippen LogP contribution is -2.46. The minimum atomic E-state index is 0.272. The van der Waals surface area contributed by atoms with E-state index in [1.165, 1.54) is 10.4 Å². The fourth-order valence-electron chi connectivity index (χ4n) is 3.64. The smallest absolute Gasteiger partial charge is 0.236 e. The van der Waals surface area contributed by atoms with Gasteiger partial charge in [-0.05, 0) is 36.3 Å². The van der Waals surface area contributed by atoms with Gasteiger partial charge in [-0.1, -0.05) is 0 Å². The highest BCUT2D eigenvalue weighted by Crippen LogP contribution is 2.25. The molecule has 2 aliphatic rings. The van der Waals surface area contributed by atoms with Crippen molar-refractivity contribution in [3.63, 3.8) is 0 Å². The molecule has 0 spiro atoms. The van der Waals surface area contributed by atoms with E-state index >= 15 is 0 Å². The monoisotopic (exact) mass is 330 g/mol. The molecule has 2 aliphatic heterocycles. The number of thiophene rings is 1. The molecule has 4 heterocycles. The first-order valence-electron chi connectivity index (χ1n) is 8.32. The van der Waals surface area contributed by atoms with Crippen LogP contribution in [0, 0.1) is 0 Å². The predicted molar refractivity (Wildman–Crippen MR) is 90.4 cm³/mol. The second kappa shape index (κ2) is 6.45. The lowest BCUT2D eigenvalue weighted by Gasteiger charge is -2.35. The maximum absolute atomic E-state index is 12.7. The van der Waals surface area contributed by atoms with E-state index in [1.807, 2.05) is 35.0 Å². The Kier molecular flexibility index (Phi) is 4.18. The molecule has 1 atom stereocenters. The highest BCUT2D eigenvalue weighted by Gasteiger charge is 2.26. The molecule has 5 nitrogen and oxygen atoms in total. The minimum absolute atomic E-state index is 0.272. The molecule has 1 saturated heterocycles. The first-order valence-corrected chi connectivity index (χ1v) is 9.20. The molecule has 122 valence electrons. The number of carbonyl (C=O) groups is 1. The van der Waals surface area contributed by atoms with Gasteiger partial charge in [-0.2, -0.15) is 0 Å². The van der Waals surface area contributed by atoms with Crippen molar-refractivity contribution >= 4 is 17.2 Å². The Labute approximate surface area is 140 Å². The fraction of sp³-hybridized carbons (Fsp3) is 0.529. The summed E-state index contributed by atoms with van der Waals surface area (Å²) < 4.78 is 2.14. The molecule has 2 aromatic heterocycles. The molecular weight excluding hydrogens is 308 g/mol. The van der Waals surface area contributed by atoms with Crippen molar-refractivity contribution in [1.29, 1.82) is 0 Å². The van der Waals surface area contributed by atoms with Gasteiger partial charge in [0.15, 0.2) is 0 Å². The number of piperidine rings is 1. The van der Waals surface area contributed by atoms with Crippen molar-refractivity contribution < 1.29 is 4.79 Å². The summed E-state index contributed by atoms with van der Waals surface area (Å²) >= 11 is 1.84. The Hall–Kier alpha value is -1.66. The van der Waals surface area contributed by atoms with Crippen molar-refractivity contribution in [3.8, 4) is 0 Å². The quantitative estimate of drug-likeness (QED) is 0.866. The number of likely N-dealkylation sites (tertiary alicyclic amines) is 1. The Morgan fingerprint density at radius 2 is 2.35 bits per heavy atom. The third-order valence-electron chi connectivity index (χ3n) is 4.94. The Morgan fingerprint density at radius 1 is 1.39 bits per heavy atom. The molecule has 0 aliphatic carbocycles. The second-order valence-corrected chi connectivity index (χ2v) is 7.48. The number of fused-ring (bicyclic) bond motifs is 1. The standard InChI is InChI=1S/C17H22N4OS/c22-17(12-19-7-3-16-14(10-19)4-9-23-16)20-6-1-2-15(11-20)21-8-5-18-13-21/h4-5,8-9,13,15H,1-3,6-7,10-12H2. The summed E-state index contributed by atoms with van der Waals surface area (Å²) in [6.07, 6.45) is 8.96. The van der Waals surface area contributed by atoms with Crippen LogP contribution in [0.5, 0.6) is 0 Å². The van der Waals surface area contributed by atoms with E-state index in [1.54, 1.807) is 0 Å². The zero-order valence-electron chi connectivity index (χ0n) is 13.2. The molecule has 0 bridgehead atoms. The van der Waals surface area contributed by atoms with E-state index < -0.39 is 0 Å². The molecule has 23 heavy (non-hydrogen) atoms. The van der Waals surface area contributed by atoms with Gasteiger partial charge in [-0.15, -0.1) is 11.3 Å². The van der Waals surface area contributed by atoms with Gasteiger partial charge in [0.05, 0.1) is 18.9 Å². The largest absolute Gasteiger partial charge is 0.340 e. The lowest BCUT2D eigenvalue weighted by atomic mass is 10.1. The molecule has 4 rings (SSSR count). The highest BCUT2D eigenvalue weighted by atomic mass is 32.1. The van der Waals surface area contributed by atoms with Crippen LogP contribution < -0.4 is 0 Å². The fourth-order valence-corrected chi connectivity index (χ4v) is 4.53. The molecule has 0 aromatic carbocycles. The number of amides is 1. The van der Waals surface area contributed by atoms with E-state index in [4.69, 9.17) is 0 Å². The van der Waals surface area contributed by atoms with Gasteiger partial charge in [0.25, 0.3) is 0 Å². The molecular formula is C17H22N4OS. The van der Waals surface area contributed by atoms with Crippen LogP contribution in [-0.2, 0) is 17.8 Å². The van der Waals surface area contributed by atoms with E-state index in [0.29, 0.717) is 12.6 Å². The molecule has 1 unspecified atom stereocenters. The highest BCUT2D eigenvalue weighted by molar-refractivity contribution is 7.10. The summed E-state index contributed by atoms with van der Waals surface area (Å²) in [6, 6.07) is 2.58. The number of hydrogen-bond acceptors (Lipinski definition) is 4. The van der Waals surface area contributed by atoms with Gasteiger partial charge >= 0.3 is 0 Å². The zero-order chi connectivity index (χ0) is 15.6. The summed E-state index contributed by atoms with van der Waals surface area (Å²) in [7, 11) is 0. The Morgan fingerprint density at radius 3 is 3.22 bits per heavy atom. The number of imidazole rings is 1. The number of rotatable bonds is 3. The van der Waals surface area contributed by atoms with Crippen LogP contribution >= 0.6 is 11.3 Å². The Balaban J connectivity index is 1.36. The first kappa shape index (κ1) is 14.9. The molecule has 6 heteroatoms. The summed E-state index contributed by atoms with van der Waals surface area (Å²) in [4.78, 5) is 22.6. The minimum Gasteiger partial charge on any atom is -0.340 e. The van der Waals surface area contributed by atoms with Crippen LogP contribution in [-0.4, -0.2) is 51.4 Å². The van der Waals surface area contributed by atoms with Gasteiger partial charge in [-0.3, -0.25) is 9.69 Å². The molecule has 0 N–H and O–H groups in total. The summed E-state index contributed by atoms with van der Waals surface area (Å²) in [6.45, 7) is 4.17.